The van der Waals surface area contributed by atoms with Crippen molar-refractivity contribution in [1.29, 1.82) is 0 Å². The molecule has 1 aliphatic rings. The van der Waals surface area contributed by atoms with E-state index in [1.807, 2.05) is 0 Å². The van der Waals surface area contributed by atoms with Gasteiger partial charge in [0.1, 0.15) is 6.61 Å². The zero-order valence-corrected chi connectivity index (χ0v) is 9.79. The second kappa shape index (κ2) is 5.84. The highest BCUT2D eigenvalue weighted by Gasteiger charge is 2.09. The number of nitrogen functional groups attached to an aromatic ring is 1. The average molecular weight is 239 g/mol. The molecule has 0 saturated carbocycles. The standard InChI is InChI=1S/C12H18FN3O/c13-11-2-1-10(14)9-12(11)17-8-7-16-5-3-15-4-6-16/h1-2,9,15H,3-8,14H2. The molecule has 94 valence electrons. The molecule has 1 aliphatic heterocycles. The van der Waals surface area contributed by atoms with Crippen LogP contribution in [0.2, 0.25) is 0 Å². The topological polar surface area (TPSA) is 50.5 Å². The molecule has 3 N–H and O–H groups in total. The van der Waals surface area contributed by atoms with Crippen molar-refractivity contribution in [2.75, 3.05) is 45.1 Å². The molecule has 0 unspecified atom stereocenters. The number of rotatable bonds is 4. The van der Waals surface area contributed by atoms with Crippen LogP contribution >= 0.6 is 0 Å². The first kappa shape index (κ1) is 12.1. The Morgan fingerprint density at radius 1 is 1.35 bits per heavy atom. The van der Waals surface area contributed by atoms with Crippen molar-refractivity contribution >= 4 is 5.69 Å². The number of hydrogen-bond donors (Lipinski definition) is 2. The van der Waals surface area contributed by atoms with Gasteiger partial charge in [-0.2, -0.15) is 0 Å². The lowest BCUT2D eigenvalue weighted by molar-refractivity contribution is 0.188. The van der Waals surface area contributed by atoms with Gasteiger partial charge in [0.15, 0.2) is 11.6 Å². The lowest BCUT2D eigenvalue weighted by Gasteiger charge is -2.26. The third-order valence-corrected chi connectivity index (χ3v) is 2.83. The van der Waals surface area contributed by atoms with Crippen molar-refractivity contribution in [3.63, 3.8) is 0 Å². The molecule has 0 aliphatic carbocycles. The Hall–Kier alpha value is -1.33. The number of piperazine rings is 1. The van der Waals surface area contributed by atoms with Gasteiger partial charge in [-0.15, -0.1) is 0 Å². The summed E-state index contributed by atoms with van der Waals surface area (Å²) in [6, 6.07) is 4.38. The largest absolute Gasteiger partial charge is 0.489 e. The van der Waals surface area contributed by atoms with E-state index in [1.54, 1.807) is 0 Å². The second-order valence-corrected chi connectivity index (χ2v) is 4.13. The molecule has 1 fully saturated rings. The number of benzene rings is 1. The predicted octanol–water partition coefficient (Wildman–Crippen LogP) is 0.692. The number of hydrogen-bond acceptors (Lipinski definition) is 4. The number of nitrogens with zero attached hydrogens (tertiary/aromatic N) is 1. The summed E-state index contributed by atoms with van der Waals surface area (Å²) in [5.41, 5.74) is 6.09. The van der Waals surface area contributed by atoms with Gasteiger partial charge in [0, 0.05) is 44.5 Å². The molecule has 4 nitrogen and oxygen atoms in total. The van der Waals surface area contributed by atoms with Crippen LogP contribution in [0.5, 0.6) is 5.75 Å². The minimum atomic E-state index is -0.362. The summed E-state index contributed by atoms with van der Waals surface area (Å²) < 4.78 is 18.7. The Balaban J connectivity index is 1.79. The SMILES string of the molecule is Nc1ccc(F)c(OCCN2CCNCC2)c1. The Morgan fingerprint density at radius 3 is 2.88 bits per heavy atom. The van der Waals surface area contributed by atoms with E-state index in [2.05, 4.69) is 10.2 Å². The molecular weight excluding hydrogens is 221 g/mol. The van der Waals surface area contributed by atoms with Gasteiger partial charge in [-0.1, -0.05) is 0 Å². The van der Waals surface area contributed by atoms with Crippen LogP contribution in [-0.2, 0) is 0 Å². The van der Waals surface area contributed by atoms with Crippen LogP contribution in [0.3, 0.4) is 0 Å². The monoisotopic (exact) mass is 239 g/mol. The summed E-state index contributed by atoms with van der Waals surface area (Å²) in [6.07, 6.45) is 0. The van der Waals surface area contributed by atoms with Crippen LogP contribution in [-0.4, -0.2) is 44.2 Å². The molecule has 0 spiro atoms. The number of nitrogens with two attached hydrogens (primary N) is 1. The van der Waals surface area contributed by atoms with E-state index in [9.17, 15) is 4.39 Å². The van der Waals surface area contributed by atoms with Gasteiger partial charge in [-0.25, -0.2) is 4.39 Å². The summed E-state index contributed by atoms with van der Waals surface area (Å²) >= 11 is 0. The first-order valence-corrected chi connectivity index (χ1v) is 5.86. The summed E-state index contributed by atoms with van der Waals surface area (Å²) in [7, 11) is 0. The van der Waals surface area contributed by atoms with E-state index in [-0.39, 0.29) is 11.6 Å². The van der Waals surface area contributed by atoms with Crippen LogP contribution in [0.4, 0.5) is 10.1 Å². The van der Waals surface area contributed by atoms with Crippen LogP contribution in [0.1, 0.15) is 0 Å². The minimum absolute atomic E-state index is 0.236. The third kappa shape index (κ3) is 3.57. The fourth-order valence-corrected chi connectivity index (χ4v) is 1.85. The fourth-order valence-electron chi connectivity index (χ4n) is 1.85. The zero-order chi connectivity index (χ0) is 12.1. The van der Waals surface area contributed by atoms with Gasteiger partial charge >= 0.3 is 0 Å². The molecule has 2 rings (SSSR count). The first-order chi connectivity index (χ1) is 8.25. The summed E-state index contributed by atoms with van der Waals surface area (Å²) in [4.78, 5) is 2.29. The van der Waals surface area contributed by atoms with Crippen LogP contribution in [0.25, 0.3) is 0 Å². The molecule has 1 heterocycles. The van der Waals surface area contributed by atoms with Crippen LogP contribution < -0.4 is 15.8 Å². The predicted molar refractivity (Wildman–Crippen MR) is 65.6 cm³/mol. The summed E-state index contributed by atoms with van der Waals surface area (Å²) in [5, 5.41) is 3.28. The lowest BCUT2D eigenvalue weighted by atomic mass is 10.3. The van der Waals surface area contributed by atoms with Gasteiger partial charge in [0.25, 0.3) is 0 Å². The molecule has 1 aromatic carbocycles. The maximum atomic E-state index is 13.3. The van der Waals surface area contributed by atoms with Crippen molar-refractivity contribution in [3.8, 4) is 5.75 Å². The molecule has 0 radical (unpaired) electrons. The molecule has 0 amide bonds. The Labute approximate surface area is 101 Å². The molecular formula is C12H18FN3O. The minimum Gasteiger partial charge on any atom is -0.489 e. The van der Waals surface area contributed by atoms with Gasteiger partial charge in [-0.3, -0.25) is 4.90 Å². The molecule has 17 heavy (non-hydrogen) atoms. The highest BCUT2D eigenvalue weighted by molar-refractivity contribution is 5.44. The fraction of sp³-hybridized carbons (Fsp3) is 0.500. The maximum Gasteiger partial charge on any atom is 0.165 e. The number of nitrogens with one attached hydrogen (secondary N) is 1. The summed E-state index contributed by atoms with van der Waals surface area (Å²) in [5.74, 6) is -0.125. The van der Waals surface area contributed by atoms with Crippen molar-refractivity contribution in [1.82, 2.24) is 10.2 Å². The van der Waals surface area contributed by atoms with Crippen molar-refractivity contribution in [3.05, 3.63) is 24.0 Å². The first-order valence-electron chi connectivity index (χ1n) is 5.86. The van der Waals surface area contributed by atoms with E-state index < -0.39 is 0 Å². The third-order valence-electron chi connectivity index (χ3n) is 2.83. The van der Waals surface area contributed by atoms with Crippen molar-refractivity contribution < 1.29 is 9.13 Å². The van der Waals surface area contributed by atoms with Crippen LogP contribution in [0.15, 0.2) is 18.2 Å². The number of halogens is 1. The quantitative estimate of drug-likeness (QED) is 0.759. The molecule has 1 aromatic rings. The van der Waals surface area contributed by atoms with Gasteiger partial charge < -0.3 is 15.8 Å². The Morgan fingerprint density at radius 2 is 2.12 bits per heavy atom. The van der Waals surface area contributed by atoms with E-state index >= 15 is 0 Å². The Bertz CT molecular complexity index is 367. The van der Waals surface area contributed by atoms with Gasteiger partial charge in [0.2, 0.25) is 0 Å². The molecule has 5 heteroatoms. The highest BCUT2D eigenvalue weighted by Crippen LogP contribution is 2.19. The van der Waals surface area contributed by atoms with E-state index in [1.165, 1.54) is 18.2 Å². The summed E-state index contributed by atoms with van der Waals surface area (Å²) in [6.45, 7) is 5.35. The molecule has 1 saturated heterocycles. The number of anilines is 1. The Kier molecular flexibility index (Phi) is 4.17. The van der Waals surface area contributed by atoms with E-state index in [4.69, 9.17) is 10.5 Å². The van der Waals surface area contributed by atoms with Crippen LogP contribution in [0, 0.1) is 5.82 Å². The zero-order valence-electron chi connectivity index (χ0n) is 9.79. The molecule has 0 aromatic heterocycles. The maximum absolute atomic E-state index is 13.3. The lowest BCUT2D eigenvalue weighted by Crippen LogP contribution is -2.44. The van der Waals surface area contributed by atoms with Crippen molar-refractivity contribution in [2.45, 2.75) is 0 Å². The number of ether oxygens (including phenoxy) is 1. The highest BCUT2D eigenvalue weighted by atomic mass is 19.1. The van der Waals surface area contributed by atoms with E-state index in [0.29, 0.717) is 12.3 Å². The normalized spacial score (nSPS) is 17.0. The van der Waals surface area contributed by atoms with E-state index in [0.717, 1.165) is 32.7 Å². The molecule has 0 bridgehead atoms. The molecule has 0 atom stereocenters. The van der Waals surface area contributed by atoms with Crippen molar-refractivity contribution in [2.24, 2.45) is 0 Å². The smallest absolute Gasteiger partial charge is 0.165 e. The average Bonchev–Trinajstić information content (AvgIpc) is 2.35. The van der Waals surface area contributed by atoms with Gasteiger partial charge in [-0.05, 0) is 12.1 Å². The van der Waals surface area contributed by atoms with Gasteiger partial charge in [0.05, 0.1) is 0 Å². The second-order valence-electron chi connectivity index (χ2n) is 4.13.